The first kappa shape index (κ1) is 12.4. The number of nitriles is 1. The quantitative estimate of drug-likeness (QED) is 0.644. The van der Waals surface area contributed by atoms with Gasteiger partial charge in [0.1, 0.15) is 11.4 Å². The molecule has 0 spiro atoms. The highest BCUT2D eigenvalue weighted by Crippen LogP contribution is 2.22. The molecule has 0 unspecified atom stereocenters. The van der Waals surface area contributed by atoms with Crippen LogP contribution in [0.5, 0.6) is 0 Å². The Morgan fingerprint density at radius 3 is 2.68 bits per heavy atom. The normalized spacial score (nSPS) is 9.84. The lowest BCUT2D eigenvalue weighted by atomic mass is 10.1. The molecule has 1 heterocycles. The van der Waals surface area contributed by atoms with Gasteiger partial charge in [0, 0.05) is 5.69 Å². The third-order valence-electron chi connectivity index (χ3n) is 2.54. The molecule has 96 valence electrons. The van der Waals surface area contributed by atoms with E-state index in [0.29, 0.717) is 6.42 Å². The molecule has 0 aliphatic carbocycles. The molecule has 6 N–H and O–H groups in total. The molecule has 7 heteroatoms. The zero-order valence-electron chi connectivity index (χ0n) is 9.97. The highest BCUT2D eigenvalue weighted by Gasteiger charge is 2.16. The van der Waals surface area contributed by atoms with Crippen LogP contribution < -0.4 is 16.8 Å². The molecule has 1 aromatic heterocycles. The summed E-state index contributed by atoms with van der Waals surface area (Å²) in [5, 5.41) is 17.9. The first-order valence-electron chi connectivity index (χ1n) is 5.48. The third kappa shape index (κ3) is 2.63. The second-order valence-corrected chi connectivity index (χ2v) is 3.88. The molecule has 19 heavy (non-hydrogen) atoms. The van der Waals surface area contributed by atoms with Crippen molar-refractivity contribution in [1.82, 2.24) is 10.2 Å². The number of aromatic amines is 1. The van der Waals surface area contributed by atoms with E-state index >= 15 is 0 Å². The number of aromatic nitrogens is 2. The molecule has 0 aliphatic heterocycles. The number of amides is 1. The van der Waals surface area contributed by atoms with Crippen molar-refractivity contribution in [2.75, 3.05) is 11.1 Å². The predicted molar refractivity (Wildman–Crippen MR) is 70.6 cm³/mol. The van der Waals surface area contributed by atoms with Crippen molar-refractivity contribution in [3.05, 3.63) is 35.4 Å². The monoisotopic (exact) mass is 256 g/mol. The molecule has 1 amide bonds. The molecule has 0 saturated heterocycles. The van der Waals surface area contributed by atoms with Gasteiger partial charge in [-0.3, -0.25) is 9.89 Å². The lowest BCUT2D eigenvalue weighted by Gasteiger charge is -2.05. The maximum atomic E-state index is 11.2. The minimum atomic E-state index is -0.658. The fourth-order valence-corrected chi connectivity index (χ4v) is 1.63. The number of carbonyl (C=O) groups is 1. The second kappa shape index (κ2) is 5.10. The average Bonchev–Trinajstić information content (AvgIpc) is 2.73. The van der Waals surface area contributed by atoms with Gasteiger partial charge in [0.2, 0.25) is 0 Å². The number of H-pyrrole nitrogens is 1. The van der Waals surface area contributed by atoms with E-state index in [1.54, 1.807) is 12.1 Å². The van der Waals surface area contributed by atoms with E-state index in [1.807, 2.05) is 12.1 Å². The minimum Gasteiger partial charge on any atom is -0.383 e. The van der Waals surface area contributed by atoms with E-state index in [9.17, 15) is 4.79 Å². The summed E-state index contributed by atoms with van der Waals surface area (Å²) in [6, 6.07) is 9.25. The molecule has 7 nitrogen and oxygen atoms in total. The third-order valence-corrected chi connectivity index (χ3v) is 2.54. The second-order valence-electron chi connectivity index (χ2n) is 3.88. The number of nitrogens with two attached hydrogens (primary N) is 2. The van der Waals surface area contributed by atoms with Gasteiger partial charge < -0.3 is 16.8 Å². The number of anilines is 3. The summed E-state index contributed by atoms with van der Waals surface area (Å²) in [7, 11) is 0. The molecule has 1 aromatic carbocycles. The van der Waals surface area contributed by atoms with Crippen molar-refractivity contribution in [2.24, 2.45) is 5.73 Å². The first-order chi connectivity index (χ1) is 9.11. The number of benzene rings is 1. The van der Waals surface area contributed by atoms with Crippen LogP contribution in [-0.4, -0.2) is 16.1 Å². The van der Waals surface area contributed by atoms with Crippen molar-refractivity contribution in [3.63, 3.8) is 0 Å². The molecule has 0 atom stereocenters. The van der Waals surface area contributed by atoms with Crippen LogP contribution in [0, 0.1) is 11.3 Å². The Morgan fingerprint density at radius 2 is 2.11 bits per heavy atom. The van der Waals surface area contributed by atoms with Gasteiger partial charge in [0.25, 0.3) is 5.91 Å². The van der Waals surface area contributed by atoms with E-state index in [-0.39, 0.29) is 17.2 Å². The highest BCUT2D eigenvalue weighted by molar-refractivity contribution is 6.02. The molecule has 2 rings (SSSR count). The maximum absolute atomic E-state index is 11.2. The van der Waals surface area contributed by atoms with Gasteiger partial charge in [-0.15, -0.1) is 0 Å². The van der Waals surface area contributed by atoms with Gasteiger partial charge in [0.15, 0.2) is 5.82 Å². The topological polar surface area (TPSA) is 134 Å². The molecule has 0 aliphatic rings. The van der Waals surface area contributed by atoms with E-state index in [1.165, 1.54) is 0 Å². The van der Waals surface area contributed by atoms with Crippen LogP contribution in [0.15, 0.2) is 24.3 Å². The Balaban J connectivity index is 2.22. The van der Waals surface area contributed by atoms with Crippen molar-refractivity contribution < 1.29 is 4.79 Å². The van der Waals surface area contributed by atoms with E-state index in [4.69, 9.17) is 16.7 Å². The number of rotatable bonds is 4. The minimum absolute atomic E-state index is 0.121. The van der Waals surface area contributed by atoms with Gasteiger partial charge in [0.05, 0.1) is 12.5 Å². The Morgan fingerprint density at radius 1 is 1.42 bits per heavy atom. The fourth-order valence-electron chi connectivity index (χ4n) is 1.63. The largest absolute Gasteiger partial charge is 0.383 e. The van der Waals surface area contributed by atoms with Gasteiger partial charge in [-0.2, -0.15) is 10.4 Å². The van der Waals surface area contributed by atoms with Crippen LogP contribution in [0.3, 0.4) is 0 Å². The Kier molecular flexibility index (Phi) is 3.34. The van der Waals surface area contributed by atoms with Crippen LogP contribution in [0.4, 0.5) is 17.3 Å². The molecular formula is C12H12N6O. The van der Waals surface area contributed by atoms with E-state index in [0.717, 1.165) is 11.3 Å². The van der Waals surface area contributed by atoms with Crippen molar-refractivity contribution in [1.29, 1.82) is 5.26 Å². The standard InChI is InChI=1S/C12H12N6O/c13-6-5-7-1-3-8(4-2-7)16-12-9(11(15)19)10(14)17-18-12/h1-4H,5H2,(H2,15,19)(H4,14,16,17,18). The first-order valence-corrected chi connectivity index (χ1v) is 5.48. The highest BCUT2D eigenvalue weighted by atomic mass is 16.1. The summed E-state index contributed by atoms with van der Waals surface area (Å²) in [4.78, 5) is 11.2. The SMILES string of the molecule is N#CCc1ccc(Nc2n[nH]c(N)c2C(N)=O)cc1. The number of nitrogens with one attached hydrogen (secondary N) is 2. The lowest BCUT2D eigenvalue weighted by molar-refractivity contribution is 0.100. The van der Waals surface area contributed by atoms with Crippen molar-refractivity contribution in [3.8, 4) is 6.07 Å². The number of carbonyl (C=O) groups excluding carboxylic acids is 1. The summed E-state index contributed by atoms with van der Waals surface area (Å²) in [6.07, 6.45) is 0.349. The summed E-state index contributed by atoms with van der Waals surface area (Å²) < 4.78 is 0. The molecule has 0 bridgehead atoms. The Labute approximate surface area is 109 Å². The van der Waals surface area contributed by atoms with Crippen LogP contribution in [-0.2, 0) is 6.42 Å². The zero-order valence-corrected chi connectivity index (χ0v) is 9.97. The number of hydrogen-bond acceptors (Lipinski definition) is 5. The summed E-state index contributed by atoms with van der Waals surface area (Å²) in [5.41, 5.74) is 12.5. The Bertz CT molecular complexity index is 637. The number of nitrogen functional groups attached to an aromatic ring is 1. The molecule has 0 fully saturated rings. The van der Waals surface area contributed by atoms with Crippen LogP contribution in [0.1, 0.15) is 15.9 Å². The van der Waals surface area contributed by atoms with E-state index in [2.05, 4.69) is 21.6 Å². The van der Waals surface area contributed by atoms with Crippen LogP contribution >= 0.6 is 0 Å². The fraction of sp³-hybridized carbons (Fsp3) is 0.0833. The molecular weight excluding hydrogens is 244 g/mol. The van der Waals surface area contributed by atoms with Crippen LogP contribution in [0.2, 0.25) is 0 Å². The number of hydrogen-bond donors (Lipinski definition) is 4. The van der Waals surface area contributed by atoms with Crippen molar-refractivity contribution in [2.45, 2.75) is 6.42 Å². The van der Waals surface area contributed by atoms with Gasteiger partial charge in [-0.25, -0.2) is 0 Å². The molecule has 0 saturated carbocycles. The summed E-state index contributed by atoms with van der Waals surface area (Å²) in [5.74, 6) is -0.260. The Hall–Kier alpha value is -3.01. The predicted octanol–water partition coefficient (Wildman–Crippen LogP) is 0.900. The molecule has 0 radical (unpaired) electrons. The maximum Gasteiger partial charge on any atom is 0.256 e. The summed E-state index contributed by atoms with van der Waals surface area (Å²) >= 11 is 0. The van der Waals surface area contributed by atoms with Crippen molar-refractivity contribution >= 4 is 23.2 Å². The van der Waals surface area contributed by atoms with Gasteiger partial charge in [-0.1, -0.05) is 12.1 Å². The average molecular weight is 256 g/mol. The molecule has 2 aromatic rings. The number of primary amides is 1. The smallest absolute Gasteiger partial charge is 0.256 e. The number of nitrogens with zero attached hydrogens (tertiary/aromatic N) is 2. The van der Waals surface area contributed by atoms with E-state index < -0.39 is 5.91 Å². The summed E-state index contributed by atoms with van der Waals surface area (Å²) in [6.45, 7) is 0. The van der Waals surface area contributed by atoms with Gasteiger partial charge in [-0.05, 0) is 17.7 Å². The zero-order chi connectivity index (χ0) is 13.8. The van der Waals surface area contributed by atoms with Gasteiger partial charge >= 0.3 is 0 Å². The lowest BCUT2D eigenvalue weighted by Crippen LogP contribution is -2.14. The van der Waals surface area contributed by atoms with Crippen LogP contribution in [0.25, 0.3) is 0 Å².